The van der Waals surface area contributed by atoms with Crippen LogP contribution < -0.4 is 10.2 Å². The van der Waals surface area contributed by atoms with Gasteiger partial charge in [-0.1, -0.05) is 29.8 Å². The molecule has 0 bridgehead atoms. The van der Waals surface area contributed by atoms with Crippen molar-refractivity contribution in [3.05, 3.63) is 71.0 Å². The summed E-state index contributed by atoms with van der Waals surface area (Å²) >= 11 is 6.25. The van der Waals surface area contributed by atoms with Crippen molar-refractivity contribution < 1.29 is 4.79 Å². The summed E-state index contributed by atoms with van der Waals surface area (Å²) in [6.07, 6.45) is 0. The third-order valence-corrected chi connectivity index (χ3v) is 4.11. The van der Waals surface area contributed by atoms with Gasteiger partial charge < -0.3 is 10.2 Å². The van der Waals surface area contributed by atoms with Crippen LogP contribution in [0.2, 0.25) is 5.02 Å². The summed E-state index contributed by atoms with van der Waals surface area (Å²) in [6.45, 7) is 1.92. The van der Waals surface area contributed by atoms with Gasteiger partial charge in [-0.2, -0.15) is 5.10 Å². The summed E-state index contributed by atoms with van der Waals surface area (Å²) in [5.74, 6) is -0.272. The topological polar surface area (TPSA) is 50.2 Å². The van der Waals surface area contributed by atoms with Crippen LogP contribution in [0.4, 0.5) is 11.4 Å². The number of carbonyl (C=O) groups is 1. The zero-order valence-electron chi connectivity index (χ0n) is 14.3. The van der Waals surface area contributed by atoms with Gasteiger partial charge in [0.15, 0.2) is 5.69 Å². The lowest BCUT2D eigenvalue weighted by molar-refractivity contribution is 0.102. The average Bonchev–Trinajstić information content (AvgIpc) is 2.97. The minimum atomic E-state index is -0.272. The second kappa shape index (κ2) is 6.99. The van der Waals surface area contributed by atoms with Crippen molar-refractivity contribution in [3.63, 3.8) is 0 Å². The average molecular weight is 355 g/mol. The molecule has 3 rings (SSSR count). The van der Waals surface area contributed by atoms with Crippen molar-refractivity contribution in [1.82, 2.24) is 9.78 Å². The highest BCUT2D eigenvalue weighted by Crippen LogP contribution is 2.27. The number of nitrogens with one attached hydrogen (secondary N) is 1. The lowest BCUT2D eigenvalue weighted by atomic mass is 10.2. The zero-order chi connectivity index (χ0) is 18.0. The van der Waals surface area contributed by atoms with E-state index in [1.807, 2.05) is 68.4 Å². The van der Waals surface area contributed by atoms with Crippen LogP contribution >= 0.6 is 11.6 Å². The fourth-order valence-corrected chi connectivity index (χ4v) is 2.91. The molecule has 1 N–H and O–H groups in total. The minimum absolute atomic E-state index is 0.272. The molecule has 0 fully saturated rings. The molecule has 0 aliphatic heterocycles. The third-order valence-electron chi connectivity index (χ3n) is 3.81. The molecule has 5 nitrogen and oxygen atoms in total. The Morgan fingerprint density at radius 1 is 1.12 bits per heavy atom. The van der Waals surface area contributed by atoms with Gasteiger partial charge >= 0.3 is 0 Å². The Morgan fingerprint density at radius 3 is 2.48 bits per heavy atom. The molecule has 2 aromatic carbocycles. The number of aromatic nitrogens is 2. The quantitative estimate of drug-likeness (QED) is 0.765. The number of halogens is 1. The monoisotopic (exact) mass is 354 g/mol. The van der Waals surface area contributed by atoms with Crippen molar-refractivity contribution in [3.8, 4) is 5.69 Å². The van der Waals surface area contributed by atoms with Crippen LogP contribution in [-0.2, 0) is 0 Å². The van der Waals surface area contributed by atoms with Gasteiger partial charge in [-0.05, 0) is 43.3 Å². The van der Waals surface area contributed by atoms with Crippen molar-refractivity contribution in [1.29, 1.82) is 0 Å². The standard InChI is InChI=1S/C19H19ClN4O/c1-13-11-17(22-24(13)15-7-5-4-6-8-15)19(25)21-14-9-10-18(23(2)3)16(20)12-14/h4-12H,1-3H3,(H,21,25). The SMILES string of the molecule is Cc1cc(C(=O)Nc2ccc(N(C)C)c(Cl)c2)nn1-c1ccccc1. The van der Waals surface area contributed by atoms with Gasteiger partial charge in [0, 0.05) is 25.5 Å². The fourth-order valence-electron chi connectivity index (χ4n) is 2.56. The first-order valence-electron chi connectivity index (χ1n) is 7.86. The second-order valence-corrected chi connectivity index (χ2v) is 6.34. The molecule has 0 saturated heterocycles. The zero-order valence-corrected chi connectivity index (χ0v) is 15.1. The van der Waals surface area contributed by atoms with Gasteiger partial charge in [0.25, 0.3) is 5.91 Å². The van der Waals surface area contributed by atoms with E-state index in [1.54, 1.807) is 16.8 Å². The van der Waals surface area contributed by atoms with E-state index < -0.39 is 0 Å². The van der Waals surface area contributed by atoms with E-state index in [0.29, 0.717) is 16.4 Å². The lowest BCUT2D eigenvalue weighted by Gasteiger charge is -2.15. The first-order valence-corrected chi connectivity index (χ1v) is 8.24. The summed E-state index contributed by atoms with van der Waals surface area (Å²) < 4.78 is 1.75. The number of aryl methyl sites for hydroxylation is 1. The van der Waals surface area contributed by atoms with E-state index in [1.165, 1.54) is 0 Å². The molecule has 0 unspecified atom stereocenters. The van der Waals surface area contributed by atoms with E-state index in [9.17, 15) is 4.79 Å². The smallest absolute Gasteiger partial charge is 0.276 e. The van der Waals surface area contributed by atoms with Crippen molar-refractivity contribution >= 4 is 28.9 Å². The van der Waals surface area contributed by atoms with Crippen LogP contribution in [0.15, 0.2) is 54.6 Å². The Labute approximate surface area is 151 Å². The van der Waals surface area contributed by atoms with Crippen LogP contribution in [0, 0.1) is 6.92 Å². The summed E-state index contributed by atoms with van der Waals surface area (Å²) in [5, 5.41) is 7.82. The van der Waals surface area contributed by atoms with Crippen LogP contribution in [0.25, 0.3) is 5.69 Å². The predicted octanol–water partition coefficient (Wildman–Crippen LogP) is 4.15. The number of nitrogens with zero attached hydrogens (tertiary/aromatic N) is 3. The Balaban J connectivity index is 1.82. The minimum Gasteiger partial charge on any atom is -0.376 e. The first kappa shape index (κ1) is 17.0. The van der Waals surface area contributed by atoms with Crippen LogP contribution in [0.1, 0.15) is 16.2 Å². The normalized spacial score (nSPS) is 10.6. The number of hydrogen-bond acceptors (Lipinski definition) is 3. The number of benzene rings is 2. The number of hydrogen-bond donors (Lipinski definition) is 1. The number of carbonyl (C=O) groups excluding carboxylic acids is 1. The summed E-state index contributed by atoms with van der Waals surface area (Å²) in [6, 6.07) is 16.9. The predicted molar refractivity (Wildman–Crippen MR) is 102 cm³/mol. The van der Waals surface area contributed by atoms with Crippen LogP contribution in [0.5, 0.6) is 0 Å². The molecule has 0 saturated carbocycles. The maximum atomic E-state index is 12.5. The van der Waals surface area contributed by atoms with Gasteiger partial charge in [0.2, 0.25) is 0 Å². The molecule has 0 aliphatic rings. The van der Waals surface area contributed by atoms with Crippen molar-refractivity contribution in [2.45, 2.75) is 6.92 Å². The molecule has 6 heteroatoms. The van der Waals surface area contributed by atoms with E-state index >= 15 is 0 Å². The van der Waals surface area contributed by atoms with E-state index in [2.05, 4.69) is 10.4 Å². The molecule has 0 aliphatic carbocycles. The third kappa shape index (κ3) is 3.67. The fraction of sp³-hybridized carbons (Fsp3) is 0.158. The van der Waals surface area contributed by atoms with Gasteiger partial charge in [-0.3, -0.25) is 4.79 Å². The lowest BCUT2D eigenvalue weighted by Crippen LogP contribution is -2.14. The van der Waals surface area contributed by atoms with E-state index in [4.69, 9.17) is 11.6 Å². The summed E-state index contributed by atoms with van der Waals surface area (Å²) in [4.78, 5) is 14.4. The molecule has 1 heterocycles. The Bertz CT molecular complexity index is 903. The maximum Gasteiger partial charge on any atom is 0.276 e. The summed E-state index contributed by atoms with van der Waals surface area (Å²) in [7, 11) is 3.83. The molecule has 1 aromatic heterocycles. The Hall–Kier alpha value is -2.79. The second-order valence-electron chi connectivity index (χ2n) is 5.93. The Morgan fingerprint density at radius 2 is 1.84 bits per heavy atom. The highest BCUT2D eigenvalue weighted by molar-refractivity contribution is 6.33. The molecule has 25 heavy (non-hydrogen) atoms. The summed E-state index contributed by atoms with van der Waals surface area (Å²) in [5.41, 5.74) is 3.68. The molecule has 0 atom stereocenters. The molecule has 128 valence electrons. The van der Waals surface area contributed by atoms with E-state index in [-0.39, 0.29) is 5.91 Å². The van der Waals surface area contributed by atoms with Gasteiger partial charge in [-0.15, -0.1) is 0 Å². The molecule has 0 radical (unpaired) electrons. The van der Waals surface area contributed by atoms with Gasteiger partial charge in [0.1, 0.15) is 0 Å². The van der Waals surface area contributed by atoms with Crippen LogP contribution in [0.3, 0.4) is 0 Å². The highest BCUT2D eigenvalue weighted by atomic mass is 35.5. The number of anilines is 2. The molecule has 3 aromatic rings. The Kier molecular flexibility index (Phi) is 4.76. The maximum absolute atomic E-state index is 12.5. The number of amides is 1. The molecular formula is C19H19ClN4O. The van der Waals surface area contributed by atoms with E-state index in [0.717, 1.165) is 17.1 Å². The van der Waals surface area contributed by atoms with Gasteiger partial charge in [-0.25, -0.2) is 4.68 Å². The molecular weight excluding hydrogens is 336 g/mol. The highest BCUT2D eigenvalue weighted by Gasteiger charge is 2.14. The van der Waals surface area contributed by atoms with Crippen molar-refractivity contribution in [2.24, 2.45) is 0 Å². The molecule has 1 amide bonds. The first-order chi connectivity index (χ1) is 12.0. The van der Waals surface area contributed by atoms with Gasteiger partial charge in [0.05, 0.1) is 16.4 Å². The molecule has 0 spiro atoms. The van der Waals surface area contributed by atoms with Crippen LogP contribution in [-0.4, -0.2) is 29.8 Å². The largest absolute Gasteiger partial charge is 0.376 e. The van der Waals surface area contributed by atoms with Crippen molar-refractivity contribution in [2.75, 3.05) is 24.3 Å². The number of rotatable bonds is 4. The number of para-hydroxylation sites is 1.